The molecule has 0 aliphatic rings. The predicted molar refractivity (Wildman–Crippen MR) is 215 cm³/mol. The summed E-state index contributed by atoms with van der Waals surface area (Å²) in [5, 5.41) is 39.8. The first-order chi connectivity index (χ1) is 25.1. The van der Waals surface area contributed by atoms with Crippen LogP contribution in [0.2, 0.25) is 23.2 Å². The van der Waals surface area contributed by atoms with Crippen LogP contribution in [-0.4, -0.2) is 65.1 Å². The van der Waals surface area contributed by atoms with E-state index in [1.165, 1.54) is 0 Å². The van der Waals surface area contributed by atoms with Crippen LogP contribution >= 0.6 is 23.2 Å². The Morgan fingerprint density at radius 3 is 1.62 bits per heavy atom. The van der Waals surface area contributed by atoms with Crippen molar-refractivity contribution in [3.8, 4) is 22.3 Å². The fourth-order valence-corrected chi connectivity index (χ4v) is 6.77. The van der Waals surface area contributed by atoms with Crippen molar-refractivity contribution < 1.29 is 34.7 Å². The molecule has 0 aromatic heterocycles. The first kappa shape index (κ1) is 43.7. The van der Waals surface area contributed by atoms with Crippen LogP contribution in [-0.2, 0) is 27.2 Å². The van der Waals surface area contributed by atoms with Crippen molar-refractivity contribution in [2.24, 2.45) is 22.5 Å². The summed E-state index contributed by atoms with van der Waals surface area (Å²) in [5.41, 5.74) is 10.4. The SMILES string of the molecule is CB(O)C[C@H](Cc1ccc(-c2cccc(Cl)c2)cc1)C[C@@](C)(CO)C(=O)O.CCOC(=O)[C@](C)(CO)C[C@H](N)Cc1ccc(-c2cccc(Cl)c2)cc1. The van der Waals surface area contributed by atoms with Crippen LogP contribution < -0.4 is 5.73 Å². The number of benzene rings is 4. The molecule has 8 nitrogen and oxygen atoms in total. The molecule has 0 bridgehead atoms. The molecule has 0 fully saturated rings. The zero-order valence-electron chi connectivity index (χ0n) is 31.0. The minimum absolute atomic E-state index is 0.0460. The van der Waals surface area contributed by atoms with E-state index in [0.29, 0.717) is 42.0 Å². The van der Waals surface area contributed by atoms with Crippen LogP contribution in [0.3, 0.4) is 0 Å². The molecule has 0 aliphatic heterocycles. The van der Waals surface area contributed by atoms with Gasteiger partial charge in [0.1, 0.15) is 0 Å². The van der Waals surface area contributed by atoms with Crippen molar-refractivity contribution in [2.45, 2.75) is 65.6 Å². The molecule has 53 heavy (non-hydrogen) atoms. The van der Waals surface area contributed by atoms with Crippen molar-refractivity contribution in [2.75, 3.05) is 19.8 Å². The fraction of sp³-hybridized carbons (Fsp3) is 0.381. The average Bonchev–Trinajstić information content (AvgIpc) is 3.12. The van der Waals surface area contributed by atoms with Gasteiger partial charge in [0.2, 0.25) is 0 Å². The topological polar surface area (TPSA) is 150 Å². The molecule has 4 aromatic carbocycles. The highest BCUT2D eigenvalue weighted by atomic mass is 35.5. The number of rotatable bonds is 17. The van der Waals surface area contributed by atoms with E-state index in [4.69, 9.17) is 33.7 Å². The third-order valence-corrected chi connectivity index (χ3v) is 9.83. The van der Waals surface area contributed by atoms with Crippen molar-refractivity contribution in [1.29, 1.82) is 0 Å². The van der Waals surface area contributed by atoms with E-state index in [1.807, 2.05) is 97.1 Å². The lowest BCUT2D eigenvalue weighted by molar-refractivity contribution is -0.157. The van der Waals surface area contributed by atoms with Gasteiger partial charge in [0.05, 0.1) is 30.7 Å². The van der Waals surface area contributed by atoms with E-state index in [9.17, 15) is 29.9 Å². The lowest BCUT2D eigenvalue weighted by atomic mass is 9.60. The lowest BCUT2D eigenvalue weighted by Gasteiger charge is -2.28. The van der Waals surface area contributed by atoms with Crippen LogP contribution in [0, 0.1) is 16.7 Å². The minimum atomic E-state index is -1.21. The number of hydrogen-bond donors (Lipinski definition) is 5. The second-order valence-corrected chi connectivity index (χ2v) is 15.3. The van der Waals surface area contributed by atoms with E-state index < -0.39 is 36.3 Å². The minimum Gasteiger partial charge on any atom is -0.481 e. The van der Waals surface area contributed by atoms with Gasteiger partial charge in [-0.15, -0.1) is 0 Å². The van der Waals surface area contributed by atoms with Gasteiger partial charge in [-0.25, -0.2) is 0 Å². The smallest absolute Gasteiger partial charge is 0.314 e. The molecule has 4 atom stereocenters. The molecule has 0 saturated heterocycles. The zero-order valence-corrected chi connectivity index (χ0v) is 32.5. The summed E-state index contributed by atoms with van der Waals surface area (Å²) < 4.78 is 5.06. The number of esters is 1. The Labute approximate surface area is 324 Å². The zero-order chi connectivity index (χ0) is 39.2. The molecule has 0 aliphatic carbocycles. The highest BCUT2D eigenvalue weighted by Gasteiger charge is 2.37. The Morgan fingerprint density at radius 2 is 1.23 bits per heavy atom. The molecule has 0 saturated carbocycles. The molecule has 11 heteroatoms. The number of carbonyl (C=O) groups is 2. The Balaban J connectivity index is 0.000000286. The third kappa shape index (κ3) is 13.6. The average molecular weight is 765 g/mol. The number of carboxylic acid groups (broad SMARTS) is 1. The number of nitrogens with two attached hydrogens (primary N) is 1. The Morgan fingerprint density at radius 1 is 0.755 bits per heavy atom. The number of ether oxygens (including phenoxy) is 1. The predicted octanol–water partition coefficient (Wildman–Crippen LogP) is 8.08. The lowest BCUT2D eigenvalue weighted by Crippen LogP contribution is -2.40. The van der Waals surface area contributed by atoms with E-state index in [1.54, 1.807) is 27.6 Å². The van der Waals surface area contributed by atoms with Gasteiger partial charge in [-0.05, 0) is 116 Å². The Bertz CT molecular complexity index is 1760. The number of aliphatic hydroxyl groups is 2. The molecule has 0 radical (unpaired) electrons. The van der Waals surface area contributed by atoms with Crippen molar-refractivity contribution in [3.05, 3.63) is 118 Å². The van der Waals surface area contributed by atoms with Gasteiger partial charge in [-0.1, -0.05) is 103 Å². The number of aliphatic carboxylic acids is 1. The van der Waals surface area contributed by atoms with Gasteiger partial charge in [-0.2, -0.15) is 0 Å². The highest BCUT2D eigenvalue weighted by Crippen LogP contribution is 2.32. The second kappa shape index (κ2) is 20.7. The molecule has 0 amide bonds. The van der Waals surface area contributed by atoms with Gasteiger partial charge in [-0.3, -0.25) is 9.59 Å². The number of halogens is 2. The monoisotopic (exact) mass is 763 g/mol. The maximum Gasteiger partial charge on any atom is 0.314 e. The van der Waals surface area contributed by atoms with Gasteiger partial charge in [0.15, 0.2) is 0 Å². The molecule has 4 rings (SSSR count). The summed E-state index contributed by atoms with van der Waals surface area (Å²) in [6.45, 7) is 5.73. The number of aliphatic hydroxyl groups excluding tert-OH is 2. The van der Waals surface area contributed by atoms with Crippen LogP contribution in [0.4, 0.5) is 0 Å². The van der Waals surface area contributed by atoms with Crippen molar-refractivity contribution >= 4 is 42.1 Å². The normalized spacial score (nSPS) is 14.5. The molecule has 0 spiro atoms. The summed E-state index contributed by atoms with van der Waals surface area (Å²) in [6.07, 6.45) is 2.41. The second-order valence-electron chi connectivity index (χ2n) is 14.4. The quantitative estimate of drug-likeness (QED) is 0.0535. The number of carboxylic acids is 1. The molecule has 284 valence electrons. The van der Waals surface area contributed by atoms with Crippen LogP contribution in [0.25, 0.3) is 22.3 Å². The molecular weight excluding hydrogens is 712 g/mol. The van der Waals surface area contributed by atoms with Crippen LogP contribution in [0.15, 0.2) is 97.1 Å². The number of hydrogen-bond acceptors (Lipinski definition) is 7. The molecule has 6 N–H and O–H groups in total. The summed E-state index contributed by atoms with van der Waals surface area (Å²) >= 11 is 12.1. The maximum absolute atomic E-state index is 12.1. The van der Waals surface area contributed by atoms with Crippen molar-refractivity contribution in [1.82, 2.24) is 0 Å². The number of carbonyl (C=O) groups excluding carboxylic acids is 1. The third-order valence-electron chi connectivity index (χ3n) is 9.35. The Hall–Kier alpha value is -3.70. The first-order valence-electron chi connectivity index (χ1n) is 17.9. The summed E-state index contributed by atoms with van der Waals surface area (Å²) in [6, 6.07) is 31.3. The van der Waals surface area contributed by atoms with Crippen molar-refractivity contribution in [3.63, 3.8) is 0 Å². The Kier molecular flexibility index (Phi) is 17.1. The van der Waals surface area contributed by atoms with Crippen LogP contribution in [0.1, 0.15) is 44.7 Å². The van der Waals surface area contributed by atoms with E-state index in [2.05, 4.69) is 0 Å². The van der Waals surface area contributed by atoms with Gasteiger partial charge >= 0.3 is 11.9 Å². The van der Waals surface area contributed by atoms with Gasteiger partial charge in [0.25, 0.3) is 6.92 Å². The molecule has 4 aromatic rings. The maximum atomic E-state index is 12.1. The highest BCUT2D eigenvalue weighted by molar-refractivity contribution is 6.48. The van der Waals surface area contributed by atoms with E-state index >= 15 is 0 Å². The first-order valence-corrected chi connectivity index (χ1v) is 18.6. The largest absolute Gasteiger partial charge is 0.481 e. The summed E-state index contributed by atoms with van der Waals surface area (Å²) in [7, 11) is 0. The standard InChI is InChI=1S/C21H26BClO4.C21H26ClNO3/c1-21(14-24,20(25)26)12-16(13-22(2)27)10-15-6-8-17(9-7-15)18-4-3-5-19(23)11-18;1-3-26-20(25)21(2,14-24)13-19(23)11-15-7-9-16(10-8-15)17-5-4-6-18(22)12-17/h3-9,11,16,24,27H,10,12-14H2,1-2H3,(H,25,26);4-10,12,19,24H,3,11,13-14,23H2,1-2H3/t16-,21+;19-,21+/m11/s1. The van der Waals surface area contributed by atoms with Gasteiger partial charge < -0.3 is 30.8 Å². The van der Waals surface area contributed by atoms with Gasteiger partial charge in [0, 0.05) is 16.1 Å². The molecule has 0 unspecified atom stereocenters. The van der Waals surface area contributed by atoms with Crippen LogP contribution in [0.5, 0.6) is 0 Å². The summed E-state index contributed by atoms with van der Waals surface area (Å²) in [5.74, 6) is -1.47. The fourth-order valence-electron chi connectivity index (χ4n) is 6.39. The van der Waals surface area contributed by atoms with E-state index in [0.717, 1.165) is 33.4 Å². The molecule has 0 heterocycles. The summed E-state index contributed by atoms with van der Waals surface area (Å²) in [4.78, 5) is 23.6. The molecular formula is C42H52BCl2NO7. The van der Waals surface area contributed by atoms with E-state index in [-0.39, 0.29) is 25.2 Å².